The van der Waals surface area contributed by atoms with Gasteiger partial charge in [0, 0.05) is 13.1 Å². The zero-order chi connectivity index (χ0) is 11.7. The van der Waals surface area contributed by atoms with Crippen molar-refractivity contribution in [2.24, 2.45) is 5.92 Å². The molecule has 16 heavy (non-hydrogen) atoms. The standard InChI is InChI=1S/C13H17NOS/c1-9(2)12(16)13(15)14-7-10-5-3-4-6-11(10)8-14/h3-6,9,12,16H,7-8H2,1-2H3. The van der Waals surface area contributed by atoms with Crippen LogP contribution in [0, 0.1) is 5.92 Å². The van der Waals surface area contributed by atoms with Crippen LogP contribution in [0.1, 0.15) is 25.0 Å². The normalized spacial score (nSPS) is 16.4. The van der Waals surface area contributed by atoms with Crippen LogP contribution >= 0.6 is 12.6 Å². The second-order valence-corrected chi connectivity index (χ2v) is 5.21. The minimum Gasteiger partial charge on any atom is -0.333 e. The van der Waals surface area contributed by atoms with E-state index in [9.17, 15) is 4.79 Å². The molecular weight excluding hydrogens is 218 g/mol. The van der Waals surface area contributed by atoms with Crippen LogP contribution in [0.2, 0.25) is 0 Å². The van der Waals surface area contributed by atoms with Gasteiger partial charge in [0.05, 0.1) is 5.25 Å². The van der Waals surface area contributed by atoms with Crippen LogP contribution in [0.5, 0.6) is 0 Å². The zero-order valence-corrected chi connectivity index (χ0v) is 10.6. The topological polar surface area (TPSA) is 20.3 Å². The molecule has 0 bridgehead atoms. The number of hydrogen-bond acceptors (Lipinski definition) is 2. The molecular formula is C13H17NOS. The molecule has 86 valence electrons. The molecule has 2 nitrogen and oxygen atoms in total. The van der Waals surface area contributed by atoms with Crippen molar-refractivity contribution >= 4 is 18.5 Å². The van der Waals surface area contributed by atoms with Crippen molar-refractivity contribution in [3.63, 3.8) is 0 Å². The summed E-state index contributed by atoms with van der Waals surface area (Å²) in [4.78, 5) is 14.0. The predicted octanol–water partition coefficient (Wildman–Crippen LogP) is 2.48. The average Bonchev–Trinajstić information content (AvgIpc) is 2.70. The number of carbonyl (C=O) groups is 1. The summed E-state index contributed by atoms with van der Waals surface area (Å²) in [7, 11) is 0. The minimum atomic E-state index is -0.186. The van der Waals surface area contributed by atoms with E-state index in [0.29, 0.717) is 0 Å². The van der Waals surface area contributed by atoms with Crippen LogP contribution in [-0.4, -0.2) is 16.1 Å². The number of amides is 1. The molecule has 0 aliphatic carbocycles. The highest BCUT2D eigenvalue weighted by Gasteiger charge is 2.28. The Bertz CT molecular complexity index is 378. The van der Waals surface area contributed by atoms with Gasteiger partial charge in [-0.25, -0.2) is 0 Å². The molecule has 1 aromatic rings. The Balaban J connectivity index is 2.09. The van der Waals surface area contributed by atoms with Gasteiger partial charge in [-0.1, -0.05) is 38.1 Å². The van der Waals surface area contributed by atoms with Crippen LogP contribution in [0.15, 0.2) is 24.3 Å². The third-order valence-electron chi connectivity index (χ3n) is 3.04. The molecule has 1 aliphatic rings. The first-order chi connectivity index (χ1) is 7.59. The van der Waals surface area contributed by atoms with Gasteiger partial charge in [-0.2, -0.15) is 12.6 Å². The fourth-order valence-corrected chi connectivity index (χ4v) is 2.12. The van der Waals surface area contributed by atoms with Gasteiger partial charge in [0.25, 0.3) is 0 Å². The molecule has 1 atom stereocenters. The summed E-state index contributed by atoms with van der Waals surface area (Å²) in [5.41, 5.74) is 2.53. The molecule has 0 aromatic heterocycles. The van der Waals surface area contributed by atoms with E-state index >= 15 is 0 Å². The molecule has 1 amide bonds. The Morgan fingerprint density at radius 1 is 1.25 bits per heavy atom. The minimum absolute atomic E-state index is 0.148. The highest BCUT2D eigenvalue weighted by molar-refractivity contribution is 7.81. The number of benzene rings is 1. The van der Waals surface area contributed by atoms with Gasteiger partial charge >= 0.3 is 0 Å². The zero-order valence-electron chi connectivity index (χ0n) is 9.68. The highest BCUT2D eigenvalue weighted by Crippen LogP contribution is 2.24. The summed E-state index contributed by atoms with van der Waals surface area (Å²) in [5, 5.41) is -0.186. The second kappa shape index (κ2) is 4.50. The fraction of sp³-hybridized carbons (Fsp3) is 0.462. The van der Waals surface area contributed by atoms with Gasteiger partial charge in [0.1, 0.15) is 0 Å². The Kier molecular flexibility index (Phi) is 3.24. The summed E-state index contributed by atoms with van der Waals surface area (Å²) in [6.07, 6.45) is 0. The number of carbonyl (C=O) groups excluding carboxylic acids is 1. The van der Waals surface area contributed by atoms with Crippen molar-refractivity contribution in [1.82, 2.24) is 4.90 Å². The lowest BCUT2D eigenvalue weighted by molar-refractivity contribution is -0.131. The Morgan fingerprint density at radius 2 is 1.75 bits per heavy atom. The smallest absolute Gasteiger partial charge is 0.236 e. The number of hydrogen-bond donors (Lipinski definition) is 1. The van der Waals surface area contributed by atoms with Crippen LogP contribution in [-0.2, 0) is 17.9 Å². The third kappa shape index (κ3) is 2.09. The van der Waals surface area contributed by atoms with Gasteiger partial charge < -0.3 is 4.90 Å². The molecule has 0 radical (unpaired) electrons. The van der Waals surface area contributed by atoms with Crippen molar-refractivity contribution in [2.45, 2.75) is 32.2 Å². The van der Waals surface area contributed by atoms with E-state index in [1.807, 2.05) is 30.9 Å². The van der Waals surface area contributed by atoms with Gasteiger partial charge in [0.2, 0.25) is 5.91 Å². The lowest BCUT2D eigenvalue weighted by Crippen LogP contribution is -2.35. The Morgan fingerprint density at radius 3 is 2.19 bits per heavy atom. The van der Waals surface area contributed by atoms with E-state index in [4.69, 9.17) is 0 Å². The molecule has 3 heteroatoms. The summed E-state index contributed by atoms with van der Waals surface area (Å²) in [6, 6.07) is 8.22. The number of nitrogens with zero attached hydrogens (tertiary/aromatic N) is 1. The van der Waals surface area contributed by atoms with E-state index in [-0.39, 0.29) is 17.1 Å². The maximum Gasteiger partial charge on any atom is 0.236 e. The first kappa shape index (κ1) is 11.5. The first-order valence-corrected chi connectivity index (χ1v) is 6.15. The molecule has 2 rings (SSSR count). The quantitative estimate of drug-likeness (QED) is 0.781. The van der Waals surface area contributed by atoms with Gasteiger partial charge in [-0.3, -0.25) is 4.79 Å². The number of thiol groups is 1. The molecule has 0 spiro atoms. The molecule has 1 unspecified atom stereocenters. The lowest BCUT2D eigenvalue weighted by Gasteiger charge is -2.22. The van der Waals surface area contributed by atoms with E-state index in [1.54, 1.807) is 0 Å². The van der Waals surface area contributed by atoms with Gasteiger partial charge in [0.15, 0.2) is 0 Å². The van der Waals surface area contributed by atoms with Gasteiger partial charge in [-0.15, -0.1) is 0 Å². The molecule has 0 saturated heterocycles. The molecule has 1 aliphatic heterocycles. The van der Waals surface area contributed by atoms with Crippen LogP contribution < -0.4 is 0 Å². The Hall–Kier alpha value is -0.960. The van der Waals surface area contributed by atoms with E-state index in [1.165, 1.54) is 11.1 Å². The van der Waals surface area contributed by atoms with Gasteiger partial charge in [-0.05, 0) is 17.0 Å². The maximum absolute atomic E-state index is 12.1. The molecule has 0 N–H and O–H groups in total. The summed E-state index contributed by atoms with van der Waals surface area (Å²) in [5.74, 6) is 0.425. The fourth-order valence-electron chi connectivity index (χ4n) is 1.96. The van der Waals surface area contributed by atoms with E-state index in [0.717, 1.165) is 13.1 Å². The predicted molar refractivity (Wildman–Crippen MR) is 68.3 cm³/mol. The van der Waals surface area contributed by atoms with Crippen molar-refractivity contribution in [3.8, 4) is 0 Å². The number of rotatable bonds is 2. The SMILES string of the molecule is CC(C)C(S)C(=O)N1Cc2ccccc2C1. The molecule has 1 heterocycles. The molecule has 1 aromatic carbocycles. The van der Waals surface area contributed by atoms with Crippen LogP contribution in [0.3, 0.4) is 0 Å². The largest absolute Gasteiger partial charge is 0.333 e. The monoisotopic (exact) mass is 235 g/mol. The summed E-state index contributed by atoms with van der Waals surface area (Å²) < 4.78 is 0. The van der Waals surface area contributed by atoms with Crippen molar-refractivity contribution < 1.29 is 4.79 Å². The maximum atomic E-state index is 12.1. The second-order valence-electron chi connectivity index (χ2n) is 4.65. The number of fused-ring (bicyclic) bond motifs is 1. The van der Waals surface area contributed by atoms with Crippen LogP contribution in [0.4, 0.5) is 0 Å². The Labute approximate surface area is 102 Å². The summed E-state index contributed by atoms with van der Waals surface area (Å²) >= 11 is 4.38. The lowest BCUT2D eigenvalue weighted by atomic mass is 10.1. The van der Waals surface area contributed by atoms with Crippen molar-refractivity contribution in [2.75, 3.05) is 0 Å². The van der Waals surface area contributed by atoms with Crippen molar-refractivity contribution in [1.29, 1.82) is 0 Å². The van der Waals surface area contributed by atoms with E-state index in [2.05, 4.69) is 24.8 Å². The summed E-state index contributed by atoms with van der Waals surface area (Å²) in [6.45, 7) is 5.52. The van der Waals surface area contributed by atoms with Crippen molar-refractivity contribution in [3.05, 3.63) is 35.4 Å². The molecule has 0 fully saturated rings. The first-order valence-electron chi connectivity index (χ1n) is 5.63. The third-order valence-corrected chi connectivity index (χ3v) is 3.85. The molecule has 0 saturated carbocycles. The van der Waals surface area contributed by atoms with Crippen LogP contribution in [0.25, 0.3) is 0 Å². The highest BCUT2D eigenvalue weighted by atomic mass is 32.1. The van der Waals surface area contributed by atoms with E-state index < -0.39 is 0 Å². The average molecular weight is 235 g/mol.